The Morgan fingerprint density at radius 2 is 2.00 bits per heavy atom. The second-order valence-electron chi connectivity index (χ2n) is 2.09. The Balaban J connectivity index is 3.27. The molecule has 1 aromatic rings. The third kappa shape index (κ3) is 1.03. The van der Waals surface area contributed by atoms with Crippen LogP contribution in [0, 0.1) is 13.8 Å². The lowest BCUT2D eigenvalue weighted by Crippen LogP contribution is -1.97. The van der Waals surface area contributed by atoms with E-state index in [9.17, 15) is 0 Å². The lowest BCUT2D eigenvalue weighted by atomic mass is 10.2. The van der Waals surface area contributed by atoms with E-state index < -0.39 is 0 Å². The van der Waals surface area contributed by atoms with E-state index in [0.717, 1.165) is 17.0 Å². The van der Waals surface area contributed by atoms with Gasteiger partial charge in [0, 0.05) is 0 Å². The van der Waals surface area contributed by atoms with Crippen molar-refractivity contribution in [2.75, 3.05) is 0 Å². The van der Waals surface area contributed by atoms with Crippen molar-refractivity contribution < 1.29 is 0 Å². The van der Waals surface area contributed by atoms with Crippen LogP contribution in [0.5, 0.6) is 0 Å². The van der Waals surface area contributed by atoms with Crippen LogP contribution in [0.3, 0.4) is 0 Å². The fourth-order valence-electron chi connectivity index (χ4n) is 0.667. The summed E-state index contributed by atoms with van der Waals surface area (Å²) in [6.45, 7) is 7.45. The van der Waals surface area contributed by atoms with Crippen molar-refractivity contribution in [2.24, 2.45) is 0 Å². The van der Waals surface area contributed by atoms with Gasteiger partial charge in [0.15, 0.2) is 0 Å². The highest BCUT2D eigenvalue weighted by Crippen LogP contribution is 2.05. The quantitative estimate of drug-likeness (QED) is 0.579. The summed E-state index contributed by atoms with van der Waals surface area (Å²) >= 11 is 0. The average Bonchev–Trinajstić information content (AvgIpc) is 1.95. The van der Waals surface area contributed by atoms with Gasteiger partial charge in [-0.3, -0.25) is 0 Å². The van der Waals surface area contributed by atoms with Crippen LogP contribution in [-0.2, 0) is 0 Å². The smallest absolute Gasteiger partial charge is 0.0917 e. The van der Waals surface area contributed by atoms with Gasteiger partial charge >= 0.3 is 0 Å². The predicted molar refractivity (Wildman–Crippen MR) is 39.4 cm³/mol. The summed E-state index contributed by atoms with van der Waals surface area (Å²) in [5.74, 6) is 0. The van der Waals surface area contributed by atoms with Crippen molar-refractivity contribution in [3.8, 4) is 0 Å². The molecule has 10 heavy (non-hydrogen) atoms. The largest absolute Gasteiger partial charge is 0.135 e. The van der Waals surface area contributed by atoms with Crippen LogP contribution in [0.1, 0.15) is 17.0 Å². The number of nitrogens with zero attached hydrogens (tertiary/aromatic N) is 3. The molecule has 52 valence electrons. The van der Waals surface area contributed by atoms with Crippen LogP contribution < -0.4 is 0 Å². The first-order valence-corrected chi connectivity index (χ1v) is 3.04. The van der Waals surface area contributed by atoms with Crippen LogP contribution in [-0.4, -0.2) is 15.4 Å². The SMILES string of the molecule is C=Cc1nnnc(C)c1C. The van der Waals surface area contributed by atoms with Gasteiger partial charge in [-0.05, 0) is 30.7 Å². The minimum Gasteiger partial charge on any atom is -0.135 e. The minimum absolute atomic E-state index is 0.813. The lowest BCUT2D eigenvalue weighted by Gasteiger charge is -1.97. The molecular weight excluding hydrogens is 126 g/mol. The molecule has 3 heteroatoms. The Bertz CT molecular complexity index is 255. The van der Waals surface area contributed by atoms with Crippen molar-refractivity contribution in [3.63, 3.8) is 0 Å². The molecule has 1 rings (SSSR count). The summed E-state index contributed by atoms with van der Waals surface area (Å²) < 4.78 is 0. The van der Waals surface area contributed by atoms with E-state index in [0.29, 0.717) is 0 Å². The second kappa shape index (κ2) is 2.56. The zero-order valence-corrected chi connectivity index (χ0v) is 6.13. The molecule has 0 unspecified atom stereocenters. The van der Waals surface area contributed by atoms with E-state index in [-0.39, 0.29) is 0 Å². The number of hydrogen-bond acceptors (Lipinski definition) is 3. The van der Waals surface area contributed by atoms with E-state index in [4.69, 9.17) is 0 Å². The van der Waals surface area contributed by atoms with E-state index in [1.54, 1.807) is 6.08 Å². The van der Waals surface area contributed by atoms with E-state index in [1.165, 1.54) is 0 Å². The number of rotatable bonds is 1. The molecule has 0 saturated heterocycles. The van der Waals surface area contributed by atoms with Gasteiger partial charge in [-0.1, -0.05) is 6.58 Å². The van der Waals surface area contributed by atoms with Gasteiger partial charge in [0.2, 0.25) is 0 Å². The normalized spacial score (nSPS) is 9.40. The zero-order valence-electron chi connectivity index (χ0n) is 6.13. The zero-order chi connectivity index (χ0) is 7.56. The predicted octanol–water partition coefficient (Wildman–Crippen LogP) is 1.13. The topological polar surface area (TPSA) is 38.7 Å². The van der Waals surface area contributed by atoms with Gasteiger partial charge in [-0.15, -0.1) is 10.2 Å². The standard InChI is InChI=1S/C7H9N3/c1-4-7-5(2)6(3)8-10-9-7/h4H,1H2,2-3H3. The van der Waals surface area contributed by atoms with E-state index in [1.807, 2.05) is 13.8 Å². The van der Waals surface area contributed by atoms with Gasteiger partial charge < -0.3 is 0 Å². The van der Waals surface area contributed by atoms with Crippen molar-refractivity contribution in [3.05, 3.63) is 23.5 Å². The summed E-state index contributed by atoms with van der Waals surface area (Å²) in [6, 6.07) is 0. The van der Waals surface area contributed by atoms with E-state index >= 15 is 0 Å². The van der Waals surface area contributed by atoms with E-state index in [2.05, 4.69) is 22.0 Å². The van der Waals surface area contributed by atoms with Crippen LogP contribution in [0.4, 0.5) is 0 Å². The highest BCUT2D eigenvalue weighted by Gasteiger charge is 1.98. The number of aromatic nitrogens is 3. The molecule has 1 aromatic heterocycles. The fourth-order valence-corrected chi connectivity index (χ4v) is 0.667. The van der Waals surface area contributed by atoms with Crippen LogP contribution >= 0.6 is 0 Å². The average molecular weight is 135 g/mol. The van der Waals surface area contributed by atoms with Crippen molar-refractivity contribution in [2.45, 2.75) is 13.8 Å². The van der Waals surface area contributed by atoms with Gasteiger partial charge in [0.25, 0.3) is 0 Å². The molecule has 0 aromatic carbocycles. The molecule has 0 aliphatic rings. The number of aryl methyl sites for hydroxylation is 1. The molecule has 1 heterocycles. The maximum atomic E-state index is 3.78. The molecule has 3 nitrogen and oxygen atoms in total. The summed E-state index contributed by atoms with van der Waals surface area (Å²) in [6.07, 6.45) is 1.68. The summed E-state index contributed by atoms with van der Waals surface area (Å²) in [4.78, 5) is 0. The van der Waals surface area contributed by atoms with Gasteiger partial charge in [0.05, 0.1) is 11.4 Å². The van der Waals surface area contributed by atoms with Crippen LogP contribution in [0.25, 0.3) is 6.08 Å². The first-order valence-electron chi connectivity index (χ1n) is 3.04. The first-order chi connectivity index (χ1) is 4.75. The van der Waals surface area contributed by atoms with Gasteiger partial charge in [-0.2, -0.15) is 0 Å². The Morgan fingerprint density at radius 1 is 1.30 bits per heavy atom. The molecule has 0 N–H and O–H groups in total. The second-order valence-corrected chi connectivity index (χ2v) is 2.09. The number of hydrogen-bond donors (Lipinski definition) is 0. The highest BCUT2D eigenvalue weighted by atomic mass is 15.3. The molecule has 0 radical (unpaired) electrons. The molecular formula is C7H9N3. The lowest BCUT2D eigenvalue weighted by molar-refractivity contribution is 0.819. The third-order valence-corrected chi connectivity index (χ3v) is 1.47. The van der Waals surface area contributed by atoms with Crippen LogP contribution in [0.2, 0.25) is 0 Å². The molecule has 0 aliphatic carbocycles. The Hall–Kier alpha value is -1.25. The molecule has 0 spiro atoms. The Labute approximate surface area is 59.8 Å². The van der Waals surface area contributed by atoms with Crippen molar-refractivity contribution in [1.29, 1.82) is 0 Å². The Morgan fingerprint density at radius 3 is 2.50 bits per heavy atom. The summed E-state index contributed by atoms with van der Waals surface area (Å²) in [7, 11) is 0. The maximum Gasteiger partial charge on any atom is 0.0917 e. The third-order valence-electron chi connectivity index (χ3n) is 1.47. The molecule has 0 amide bonds. The van der Waals surface area contributed by atoms with Crippen molar-refractivity contribution in [1.82, 2.24) is 15.4 Å². The minimum atomic E-state index is 0.813. The summed E-state index contributed by atoms with van der Waals surface area (Å²) in [5.41, 5.74) is 2.77. The first kappa shape index (κ1) is 6.86. The molecule has 0 bridgehead atoms. The van der Waals surface area contributed by atoms with Gasteiger partial charge in [0.1, 0.15) is 0 Å². The molecule has 0 aliphatic heterocycles. The fraction of sp³-hybridized carbons (Fsp3) is 0.286. The maximum absolute atomic E-state index is 3.78. The Kier molecular flexibility index (Phi) is 1.76. The summed E-state index contributed by atoms with van der Waals surface area (Å²) in [5, 5.41) is 11.1. The molecule has 0 saturated carbocycles. The molecule has 0 fully saturated rings. The van der Waals surface area contributed by atoms with Crippen molar-refractivity contribution >= 4 is 6.08 Å². The molecule has 0 atom stereocenters. The highest BCUT2D eigenvalue weighted by molar-refractivity contribution is 5.46. The monoisotopic (exact) mass is 135 g/mol. The van der Waals surface area contributed by atoms with Crippen LogP contribution in [0.15, 0.2) is 6.58 Å². The van der Waals surface area contributed by atoms with Gasteiger partial charge in [-0.25, -0.2) is 0 Å².